The summed E-state index contributed by atoms with van der Waals surface area (Å²) in [6.45, 7) is 4.75. The molecule has 0 N–H and O–H groups in total. The van der Waals surface area contributed by atoms with Crippen LogP contribution in [0, 0.1) is 6.92 Å². The minimum absolute atomic E-state index is 0.278. The van der Waals surface area contributed by atoms with E-state index in [1.165, 1.54) is 0 Å². The van der Waals surface area contributed by atoms with Gasteiger partial charge in [0.2, 0.25) is 5.28 Å². The second-order valence-electron chi connectivity index (χ2n) is 2.78. The first kappa shape index (κ1) is 8.44. The second kappa shape index (κ2) is 2.96. The van der Waals surface area contributed by atoms with Gasteiger partial charge in [-0.25, -0.2) is 9.97 Å². The molecule has 0 radical (unpaired) electrons. The average molecular weight is 197 g/mol. The van der Waals surface area contributed by atoms with Crippen molar-refractivity contribution >= 4 is 22.8 Å². The number of rotatable bonds is 1. The van der Waals surface area contributed by atoms with Gasteiger partial charge in [0.25, 0.3) is 0 Å². The molecule has 0 fully saturated rings. The minimum atomic E-state index is 0.278. The molecule has 0 amide bonds. The Kier molecular flexibility index (Phi) is 1.92. The Morgan fingerprint density at radius 2 is 2.23 bits per heavy atom. The van der Waals surface area contributed by atoms with Crippen molar-refractivity contribution in [3.8, 4) is 0 Å². The Labute approximate surface area is 80.6 Å². The van der Waals surface area contributed by atoms with Gasteiger partial charge in [-0.3, -0.25) is 0 Å². The predicted octanol–water partition coefficient (Wildman–Crippen LogP) is 1.81. The number of hydrogen-bond donors (Lipinski definition) is 0. The van der Waals surface area contributed by atoms with Crippen molar-refractivity contribution in [2.45, 2.75) is 20.4 Å². The molecule has 0 aliphatic rings. The normalized spacial score (nSPS) is 11.0. The number of imidazole rings is 1. The zero-order valence-electron chi connectivity index (χ0n) is 7.45. The topological polar surface area (TPSA) is 43.6 Å². The van der Waals surface area contributed by atoms with Gasteiger partial charge < -0.3 is 4.57 Å². The van der Waals surface area contributed by atoms with Gasteiger partial charge in [0.05, 0.1) is 12.0 Å². The van der Waals surface area contributed by atoms with Crippen LogP contribution in [0.3, 0.4) is 0 Å². The molecule has 2 aromatic rings. The van der Waals surface area contributed by atoms with Crippen LogP contribution >= 0.6 is 11.6 Å². The Balaban J connectivity index is 2.82. The van der Waals surface area contributed by atoms with Crippen molar-refractivity contribution in [1.82, 2.24) is 19.5 Å². The van der Waals surface area contributed by atoms with E-state index in [1.807, 2.05) is 18.4 Å². The molecular formula is C8H9ClN4. The number of halogens is 1. The predicted molar refractivity (Wildman–Crippen MR) is 50.7 cm³/mol. The van der Waals surface area contributed by atoms with Gasteiger partial charge in [-0.15, -0.1) is 0 Å². The van der Waals surface area contributed by atoms with Crippen LogP contribution in [0.4, 0.5) is 0 Å². The largest absolute Gasteiger partial charge is 0.315 e. The van der Waals surface area contributed by atoms with Gasteiger partial charge in [-0.2, -0.15) is 4.98 Å². The molecule has 0 aromatic carbocycles. The summed E-state index contributed by atoms with van der Waals surface area (Å²) in [4.78, 5) is 12.4. The SMILES string of the molecule is CCn1cnc2c(C)nc(Cl)nc21. The molecule has 0 atom stereocenters. The lowest BCUT2D eigenvalue weighted by molar-refractivity contribution is 0.777. The average Bonchev–Trinajstić information content (AvgIpc) is 2.47. The zero-order chi connectivity index (χ0) is 9.42. The molecule has 0 aliphatic heterocycles. The first-order valence-corrected chi connectivity index (χ1v) is 4.45. The Morgan fingerprint density at radius 3 is 2.92 bits per heavy atom. The number of hydrogen-bond acceptors (Lipinski definition) is 3. The molecule has 4 nitrogen and oxygen atoms in total. The summed E-state index contributed by atoms with van der Waals surface area (Å²) in [6, 6.07) is 0. The van der Waals surface area contributed by atoms with Crippen molar-refractivity contribution in [3.05, 3.63) is 17.3 Å². The Hall–Kier alpha value is -1.16. The lowest BCUT2D eigenvalue weighted by Gasteiger charge is -1.98. The molecule has 5 heteroatoms. The highest BCUT2D eigenvalue weighted by atomic mass is 35.5. The minimum Gasteiger partial charge on any atom is -0.315 e. The molecule has 13 heavy (non-hydrogen) atoms. The number of aromatic nitrogens is 4. The molecule has 0 spiro atoms. The highest BCUT2D eigenvalue weighted by Crippen LogP contribution is 2.15. The van der Waals surface area contributed by atoms with E-state index in [2.05, 4.69) is 15.0 Å². The van der Waals surface area contributed by atoms with Crippen LogP contribution in [0.15, 0.2) is 6.33 Å². The van der Waals surface area contributed by atoms with Crippen molar-refractivity contribution in [2.75, 3.05) is 0 Å². The molecule has 2 aromatic heterocycles. The fourth-order valence-corrected chi connectivity index (χ4v) is 1.49. The molecule has 2 heterocycles. The molecule has 0 unspecified atom stereocenters. The summed E-state index contributed by atoms with van der Waals surface area (Å²) in [5, 5.41) is 0.278. The standard InChI is InChI=1S/C8H9ClN4/c1-3-13-4-10-6-5(2)11-8(9)12-7(6)13/h4H,3H2,1-2H3. The highest BCUT2D eigenvalue weighted by molar-refractivity contribution is 6.28. The van der Waals surface area contributed by atoms with Gasteiger partial charge in [0.15, 0.2) is 5.65 Å². The smallest absolute Gasteiger partial charge is 0.224 e. The van der Waals surface area contributed by atoms with Gasteiger partial charge in [0.1, 0.15) is 5.52 Å². The van der Waals surface area contributed by atoms with Crippen molar-refractivity contribution < 1.29 is 0 Å². The Bertz CT molecular complexity index is 449. The van der Waals surface area contributed by atoms with E-state index in [0.29, 0.717) is 0 Å². The van der Waals surface area contributed by atoms with Crippen LogP contribution in [-0.2, 0) is 6.54 Å². The highest BCUT2D eigenvalue weighted by Gasteiger charge is 2.07. The molecule has 0 saturated heterocycles. The van der Waals surface area contributed by atoms with Crippen LogP contribution in [0.5, 0.6) is 0 Å². The lowest BCUT2D eigenvalue weighted by Crippen LogP contribution is -1.95. The summed E-state index contributed by atoms with van der Waals surface area (Å²) in [6.07, 6.45) is 1.75. The van der Waals surface area contributed by atoms with Crippen LogP contribution in [-0.4, -0.2) is 19.5 Å². The first-order valence-electron chi connectivity index (χ1n) is 4.07. The van der Waals surface area contributed by atoms with Crippen LogP contribution in [0.1, 0.15) is 12.6 Å². The van der Waals surface area contributed by atoms with E-state index < -0.39 is 0 Å². The molecule has 0 bridgehead atoms. The lowest BCUT2D eigenvalue weighted by atomic mass is 10.4. The van der Waals surface area contributed by atoms with E-state index in [4.69, 9.17) is 11.6 Å². The van der Waals surface area contributed by atoms with E-state index in [1.54, 1.807) is 6.33 Å². The van der Waals surface area contributed by atoms with Crippen LogP contribution < -0.4 is 0 Å². The van der Waals surface area contributed by atoms with E-state index in [9.17, 15) is 0 Å². The Morgan fingerprint density at radius 1 is 1.46 bits per heavy atom. The summed E-state index contributed by atoms with van der Waals surface area (Å²) < 4.78 is 1.94. The third-order valence-electron chi connectivity index (χ3n) is 1.95. The molecule has 0 saturated carbocycles. The quantitative estimate of drug-likeness (QED) is 0.654. The maximum Gasteiger partial charge on any atom is 0.224 e. The third kappa shape index (κ3) is 1.27. The monoisotopic (exact) mass is 196 g/mol. The summed E-state index contributed by atoms with van der Waals surface area (Å²) in [5.74, 6) is 0. The number of fused-ring (bicyclic) bond motifs is 1. The van der Waals surface area contributed by atoms with Crippen molar-refractivity contribution in [3.63, 3.8) is 0 Å². The second-order valence-corrected chi connectivity index (χ2v) is 3.12. The number of nitrogens with zero attached hydrogens (tertiary/aromatic N) is 4. The van der Waals surface area contributed by atoms with E-state index in [0.717, 1.165) is 23.4 Å². The van der Waals surface area contributed by atoms with Crippen molar-refractivity contribution in [2.24, 2.45) is 0 Å². The molecule has 68 valence electrons. The number of aryl methyl sites for hydroxylation is 2. The summed E-state index contributed by atoms with van der Waals surface area (Å²) in [5.41, 5.74) is 2.45. The molecular weight excluding hydrogens is 188 g/mol. The van der Waals surface area contributed by atoms with E-state index in [-0.39, 0.29) is 5.28 Å². The first-order chi connectivity index (χ1) is 6.22. The van der Waals surface area contributed by atoms with Gasteiger partial charge in [-0.05, 0) is 25.4 Å². The van der Waals surface area contributed by atoms with Crippen LogP contribution in [0.2, 0.25) is 5.28 Å². The fourth-order valence-electron chi connectivity index (χ4n) is 1.28. The third-order valence-corrected chi connectivity index (χ3v) is 2.12. The molecule has 2 rings (SSSR count). The maximum atomic E-state index is 5.75. The van der Waals surface area contributed by atoms with Crippen LogP contribution in [0.25, 0.3) is 11.2 Å². The van der Waals surface area contributed by atoms with Gasteiger partial charge >= 0.3 is 0 Å². The van der Waals surface area contributed by atoms with Crippen molar-refractivity contribution in [1.29, 1.82) is 0 Å². The van der Waals surface area contributed by atoms with E-state index >= 15 is 0 Å². The summed E-state index contributed by atoms with van der Waals surface area (Å²) >= 11 is 5.75. The van der Waals surface area contributed by atoms with Gasteiger partial charge in [-0.1, -0.05) is 0 Å². The molecule has 0 aliphatic carbocycles. The fraction of sp³-hybridized carbons (Fsp3) is 0.375. The maximum absolute atomic E-state index is 5.75. The zero-order valence-corrected chi connectivity index (χ0v) is 8.21. The summed E-state index contributed by atoms with van der Waals surface area (Å²) in [7, 11) is 0. The van der Waals surface area contributed by atoms with Gasteiger partial charge in [0, 0.05) is 6.54 Å².